The molecule has 0 amide bonds. The Hall–Kier alpha value is -0.820. The second-order valence-corrected chi connectivity index (χ2v) is 4.78. The Balaban J connectivity index is 2.13. The zero-order chi connectivity index (χ0) is 10.7. The molecule has 15 heavy (non-hydrogen) atoms. The number of fused-ring (bicyclic) bond motifs is 2. The summed E-state index contributed by atoms with van der Waals surface area (Å²) in [4.78, 5) is 2.44. The van der Waals surface area contributed by atoms with Gasteiger partial charge in [0.25, 0.3) is 0 Å². The molecule has 1 aliphatic heterocycles. The van der Waals surface area contributed by atoms with E-state index in [1.807, 2.05) is 0 Å². The van der Waals surface area contributed by atoms with Gasteiger partial charge in [0.15, 0.2) is 0 Å². The summed E-state index contributed by atoms with van der Waals surface area (Å²) in [6, 6.07) is 0. The second-order valence-electron chi connectivity index (χ2n) is 4.78. The van der Waals surface area contributed by atoms with E-state index in [1.54, 1.807) is 0 Å². The van der Waals surface area contributed by atoms with Gasteiger partial charge in [0.05, 0.1) is 0 Å². The summed E-state index contributed by atoms with van der Waals surface area (Å²) in [7, 11) is 2.22. The quantitative estimate of drug-likeness (QED) is 0.584. The van der Waals surface area contributed by atoms with Crippen molar-refractivity contribution in [3.63, 3.8) is 0 Å². The minimum Gasteiger partial charge on any atom is -0.305 e. The van der Waals surface area contributed by atoms with E-state index in [9.17, 15) is 0 Å². The molecule has 2 rings (SSSR count). The Kier molecular flexibility index (Phi) is 3.42. The van der Waals surface area contributed by atoms with Crippen molar-refractivity contribution < 1.29 is 0 Å². The molecule has 1 fully saturated rings. The predicted octanol–water partition coefficient (Wildman–Crippen LogP) is 3.16. The standard InChI is InChI=1S/C14H21N/c1-12-13-7-4-3-5-10-15(2)11-14(12)9-6-8-13/h6,8-9,14H,1,3-5,7,10-11H2,2H3. The molecule has 1 saturated heterocycles. The SMILES string of the molecule is C=C1C2=CC=CC1CN(C)CCCCC2. The second kappa shape index (κ2) is 4.80. The van der Waals surface area contributed by atoms with Crippen LogP contribution in [-0.2, 0) is 0 Å². The summed E-state index contributed by atoms with van der Waals surface area (Å²) in [5, 5.41) is 0. The molecule has 1 aliphatic carbocycles. The minimum absolute atomic E-state index is 0.549. The average molecular weight is 203 g/mol. The van der Waals surface area contributed by atoms with Gasteiger partial charge in [0.2, 0.25) is 0 Å². The van der Waals surface area contributed by atoms with Crippen molar-refractivity contribution in [1.82, 2.24) is 4.90 Å². The van der Waals surface area contributed by atoms with Crippen molar-refractivity contribution in [3.8, 4) is 0 Å². The summed E-state index contributed by atoms with van der Waals surface area (Å²) in [6.07, 6.45) is 12.0. The molecule has 1 atom stereocenters. The van der Waals surface area contributed by atoms with Crippen LogP contribution < -0.4 is 0 Å². The monoisotopic (exact) mass is 203 g/mol. The van der Waals surface area contributed by atoms with Crippen LogP contribution in [0.5, 0.6) is 0 Å². The predicted molar refractivity (Wildman–Crippen MR) is 65.8 cm³/mol. The summed E-state index contributed by atoms with van der Waals surface area (Å²) >= 11 is 0. The maximum absolute atomic E-state index is 4.26. The number of rotatable bonds is 0. The number of hydrogen-bond donors (Lipinski definition) is 0. The van der Waals surface area contributed by atoms with Gasteiger partial charge in [-0.1, -0.05) is 31.2 Å². The molecule has 1 heterocycles. The van der Waals surface area contributed by atoms with Crippen LogP contribution in [0.2, 0.25) is 0 Å². The maximum Gasteiger partial charge on any atom is 0.0145 e. The zero-order valence-corrected chi connectivity index (χ0v) is 9.71. The third-order valence-electron chi connectivity index (χ3n) is 3.50. The normalized spacial score (nSPS) is 28.7. The van der Waals surface area contributed by atoms with Crippen LogP contribution in [0.1, 0.15) is 25.7 Å². The minimum atomic E-state index is 0.549. The largest absolute Gasteiger partial charge is 0.305 e. The lowest BCUT2D eigenvalue weighted by Crippen LogP contribution is -2.28. The Morgan fingerprint density at radius 3 is 3.07 bits per heavy atom. The molecule has 0 aromatic heterocycles. The van der Waals surface area contributed by atoms with Gasteiger partial charge in [-0.3, -0.25) is 0 Å². The molecule has 0 aromatic carbocycles. The van der Waals surface area contributed by atoms with Gasteiger partial charge in [-0.25, -0.2) is 0 Å². The van der Waals surface area contributed by atoms with E-state index >= 15 is 0 Å². The van der Waals surface area contributed by atoms with Crippen molar-refractivity contribution >= 4 is 0 Å². The molecular weight excluding hydrogens is 182 g/mol. The van der Waals surface area contributed by atoms with Gasteiger partial charge in [-0.15, -0.1) is 0 Å². The van der Waals surface area contributed by atoms with Gasteiger partial charge < -0.3 is 4.90 Å². The van der Waals surface area contributed by atoms with Crippen LogP contribution in [0.15, 0.2) is 36.0 Å². The van der Waals surface area contributed by atoms with Crippen molar-refractivity contribution in [2.75, 3.05) is 20.1 Å². The van der Waals surface area contributed by atoms with E-state index in [-0.39, 0.29) is 0 Å². The molecule has 0 spiro atoms. The summed E-state index contributed by atoms with van der Waals surface area (Å²) < 4.78 is 0. The Labute approximate surface area is 93.2 Å². The molecule has 82 valence electrons. The van der Waals surface area contributed by atoms with Crippen molar-refractivity contribution in [2.45, 2.75) is 25.7 Å². The highest BCUT2D eigenvalue weighted by atomic mass is 15.1. The summed E-state index contributed by atoms with van der Waals surface area (Å²) in [5.41, 5.74) is 2.84. The molecule has 2 bridgehead atoms. The summed E-state index contributed by atoms with van der Waals surface area (Å²) in [5.74, 6) is 0.549. The Morgan fingerprint density at radius 2 is 2.20 bits per heavy atom. The highest BCUT2D eigenvalue weighted by Crippen LogP contribution is 2.29. The lowest BCUT2D eigenvalue weighted by Gasteiger charge is -2.28. The molecule has 2 aliphatic rings. The van der Waals surface area contributed by atoms with Crippen molar-refractivity contribution in [1.29, 1.82) is 0 Å². The molecule has 1 heteroatoms. The molecule has 1 nitrogen and oxygen atoms in total. The van der Waals surface area contributed by atoms with E-state index in [4.69, 9.17) is 0 Å². The van der Waals surface area contributed by atoms with E-state index < -0.39 is 0 Å². The molecule has 0 N–H and O–H groups in total. The smallest absolute Gasteiger partial charge is 0.0145 e. The lowest BCUT2D eigenvalue weighted by atomic mass is 9.85. The van der Waals surface area contributed by atoms with E-state index in [0.717, 1.165) is 6.54 Å². The van der Waals surface area contributed by atoms with Crippen LogP contribution in [0.25, 0.3) is 0 Å². The number of allylic oxidation sites excluding steroid dienone is 3. The van der Waals surface area contributed by atoms with E-state index in [0.29, 0.717) is 5.92 Å². The van der Waals surface area contributed by atoms with Gasteiger partial charge in [-0.2, -0.15) is 0 Å². The van der Waals surface area contributed by atoms with Crippen molar-refractivity contribution in [3.05, 3.63) is 36.0 Å². The molecule has 0 saturated carbocycles. The van der Waals surface area contributed by atoms with E-state index in [1.165, 1.54) is 43.4 Å². The van der Waals surface area contributed by atoms with Crippen LogP contribution in [0.3, 0.4) is 0 Å². The molecule has 0 radical (unpaired) electrons. The van der Waals surface area contributed by atoms with Crippen LogP contribution in [0, 0.1) is 5.92 Å². The first kappa shape index (κ1) is 10.7. The third-order valence-corrected chi connectivity index (χ3v) is 3.50. The number of hydrogen-bond acceptors (Lipinski definition) is 1. The average Bonchev–Trinajstić information content (AvgIpc) is 2.21. The van der Waals surface area contributed by atoms with Crippen molar-refractivity contribution in [2.24, 2.45) is 5.92 Å². The van der Waals surface area contributed by atoms with Crippen LogP contribution in [-0.4, -0.2) is 25.0 Å². The van der Waals surface area contributed by atoms with Crippen LogP contribution in [0.4, 0.5) is 0 Å². The first-order valence-corrected chi connectivity index (χ1v) is 6.02. The van der Waals surface area contributed by atoms with Gasteiger partial charge in [-0.05, 0) is 44.0 Å². The highest BCUT2D eigenvalue weighted by Gasteiger charge is 2.18. The topological polar surface area (TPSA) is 3.24 Å². The lowest BCUT2D eigenvalue weighted by molar-refractivity contribution is 0.302. The Bertz CT molecular complexity index is 298. The van der Waals surface area contributed by atoms with Gasteiger partial charge in [0, 0.05) is 12.5 Å². The maximum atomic E-state index is 4.26. The number of nitrogens with zero attached hydrogens (tertiary/aromatic N) is 1. The summed E-state index contributed by atoms with van der Waals surface area (Å²) in [6.45, 7) is 6.63. The first-order chi connectivity index (χ1) is 7.27. The first-order valence-electron chi connectivity index (χ1n) is 6.02. The Morgan fingerprint density at radius 1 is 1.33 bits per heavy atom. The van der Waals surface area contributed by atoms with Gasteiger partial charge >= 0.3 is 0 Å². The molecule has 0 aromatic rings. The molecular formula is C14H21N. The fourth-order valence-electron chi connectivity index (χ4n) is 2.48. The van der Waals surface area contributed by atoms with Gasteiger partial charge in [0.1, 0.15) is 0 Å². The zero-order valence-electron chi connectivity index (χ0n) is 9.71. The fourth-order valence-corrected chi connectivity index (χ4v) is 2.48. The highest BCUT2D eigenvalue weighted by molar-refractivity contribution is 5.40. The molecule has 1 unspecified atom stereocenters. The van der Waals surface area contributed by atoms with Crippen LogP contribution >= 0.6 is 0 Å². The third kappa shape index (κ3) is 2.60. The fraction of sp³-hybridized carbons (Fsp3) is 0.571. The van der Waals surface area contributed by atoms with E-state index in [2.05, 4.69) is 36.8 Å².